The van der Waals surface area contributed by atoms with Crippen LogP contribution in [-0.4, -0.2) is 12.6 Å². The second kappa shape index (κ2) is 6.21. The fourth-order valence-corrected chi connectivity index (χ4v) is 1.79. The van der Waals surface area contributed by atoms with Crippen molar-refractivity contribution in [3.8, 4) is 0 Å². The Morgan fingerprint density at radius 3 is 2.62 bits per heavy atom. The van der Waals surface area contributed by atoms with Gasteiger partial charge in [-0.05, 0) is 30.5 Å². The predicted octanol–water partition coefficient (Wildman–Crippen LogP) is 3.66. The summed E-state index contributed by atoms with van der Waals surface area (Å²) in [6.07, 6.45) is 0.802. The molecule has 1 nitrogen and oxygen atoms in total. The van der Waals surface area contributed by atoms with Crippen LogP contribution in [0.15, 0.2) is 18.2 Å². The topological polar surface area (TPSA) is 12.0 Å². The normalized spacial score (nSPS) is 13.1. The molecule has 0 aliphatic heterocycles. The van der Waals surface area contributed by atoms with Gasteiger partial charge in [-0.3, -0.25) is 0 Å². The lowest BCUT2D eigenvalue weighted by Crippen LogP contribution is -2.28. The molecule has 0 radical (unpaired) electrons. The number of halogens is 2. The SMILES string of the molecule is CC(CNC(C)C)Cc1cccc(F)c1Cl. The Bertz CT molecular complexity index is 339. The molecule has 1 aromatic carbocycles. The van der Waals surface area contributed by atoms with E-state index < -0.39 is 0 Å². The van der Waals surface area contributed by atoms with Crippen LogP contribution < -0.4 is 5.32 Å². The highest BCUT2D eigenvalue weighted by Gasteiger charge is 2.09. The Labute approximate surface area is 102 Å². The highest BCUT2D eigenvalue weighted by atomic mass is 35.5. The minimum Gasteiger partial charge on any atom is -0.314 e. The summed E-state index contributed by atoms with van der Waals surface area (Å²) in [5.74, 6) is 0.116. The zero-order valence-corrected chi connectivity index (χ0v) is 10.8. The summed E-state index contributed by atoms with van der Waals surface area (Å²) >= 11 is 5.90. The molecular weight excluding hydrogens is 225 g/mol. The first-order valence-corrected chi connectivity index (χ1v) is 6.04. The average Bonchev–Trinajstić information content (AvgIpc) is 2.22. The number of hydrogen-bond donors (Lipinski definition) is 1. The minimum atomic E-state index is -0.330. The van der Waals surface area contributed by atoms with Gasteiger partial charge in [-0.2, -0.15) is 0 Å². The molecule has 0 aliphatic rings. The van der Waals surface area contributed by atoms with E-state index in [0.29, 0.717) is 12.0 Å². The van der Waals surface area contributed by atoms with Gasteiger partial charge in [-0.1, -0.05) is 44.5 Å². The molecule has 0 spiro atoms. The van der Waals surface area contributed by atoms with Gasteiger partial charge in [-0.25, -0.2) is 4.39 Å². The minimum absolute atomic E-state index is 0.263. The molecule has 0 aromatic heterocycles. The monoisotopic (exact) mass is 243 g/mol. The molecule has 1 rings (SSSR count). The zero-order chi connectivity index (χ0) is 12.1. The van der Waals surface area contributed by atoms with Crippen LogP contribution >= 0.6 is 11.6 Å². The molecule has 0 fully saturated rings. The summed E-state index contributed by atoms with van der Waals surface area (Å²) in [4.78, 5) is 0. The van der Waals surface area contributed by atoms with Crippen LogP contribution in [0.4, 0.5) is 4.39 Å². The number of benzene rings is 1. The fraction of sp³-hybridized carbons (Fsp3) is 0.538. The Morgan fingerprint density at radius 1 is 1.31 bits per heavy atom. The van der Waals surface area contributed by atoms with Crippen molar-refractivity contribution in [2.75, 3.05) is 6.54 Å². The second-order valence-corrected chi connectivity index (χ2v) is 4.96. The van der Waals surface area contributed by atoms with Crippen molar-refractivity contribution in [2.24, 2.45) is 5.92 Å². The van der Waals surface area contributed by atoms with Crippen LogP contribution in [0.5, 0.6) is 0 Å². The van der Waals surface area contributed by atoms with Crippen LogP contribution in [0.2, 0.25) is 5.02 Å². The number of nitrogens with one attached hydrogen (secondary N) is 1. The van der Waals surface area contributed by atoms with Crippen molar-refractivity contribution in [2.45, 2.75) is 33.2 Å². The van der Waals surface area contributed by atoms with Gasteiger partial charge in [0.25, 0.3) is 0 Å². The quantitative estimate of drug-likeness (QED) is 0.832. The van der Waals surface area contributed by atoms with E-state index in [2.05, 4.69) is 26.1 Å². The lowest BCUT2D eigenvalue weighted by atomic mass is 10.0. The Hall–Kier alpha value is -0.600. The predicted molar refractivity (Wildman–Crippen MR) is 67.4 cm³/mol. The third-order valence-corrected chi connectivity index (χ3v) is 2.90. The van der Waals surface area contributed by atoms with E-state index in [-0.39, 0.29) is 10.8 Å². The molecule has 0 aliphatic carbocycles. The highest BCUT2D eigenvalue weighted by molar-refractivity contribution is 6.31. The molecule has 0 amide bonds. The molecule has 0 saturated carbocycles. The molecule has 16 heavy (non-hydrogen) atoms. The molecular formula is C13H19ClFN. The first kappa shape index (κ1) is 13.5. The van der Waals surface area contributed by atoms with Crippen LogP contribution in [0, 0.1) is 11.7 Å². The van der Waals surface area contributed by atoms with Crippen molar-refractivity contribution in [3.05, 3.63) is 34.6 Å². The average molecular weight is 244 g/mol. The Balaban J connectivity index is 2.56. The third-order valence-electron chi connectivity index (χ3n) is 2.47. The van der Waals surface area contributed by atoms with Gasteiger partial charge < -0.3 is 5.32 Å². The summed E-state index contributed by atoms with van der Waals surface area (Å²) in [6.45, 7) is 7.28. The highest BCUT2D eigenvalue weighted by Crippen LogP contribution is 2.22. The first-order chi connectivity index (χ1) is 7.50. The van der Waals surface area contributed by atoms with Gasteiger partial charge in [0.05, 0.1) is 5.02 Å². The Morgan fingerprint density at radius 2 is 2.00 bits per heavy atom. The largest absolute Gasteiger partial charge is 0.314 e. The third kappa shape index (κ3) is 4.11. The van der Waals surface area contributed by atoms with E-state index in [0.717, 1.165) is 18.5 Å². The Kier molecular flexibility index (Phi) is 5.23. The summed E-state index contributed by atoms with van der Waals surface area (Å²) < 4.78 is 13.2. The maximum absolute atomic E-state index is 13.2. The number of hydrogen-bond acceptors (Lipinski definition) is 1. The van der Waals surface area contributed by atoms with Crippen LogP contribution in [0.25, 0.3) is 0 Å². The maximum Gasteiger partial charge on any atom is 0.142 e. The van der Waals surface area contributed by atoms with Gasteiger partial charge in [-0.15, -0.1) is 0 Å². The molecule has 90 valence electrons. The molecule has 1 aromatic rings. The van der Waals surface area contributed by atoms with Crippen molar-refractivity contribution in [3.63, 3.8) is 0 Å². The van der Waals surface area contributed by atoms with Crippen molar-refractivity contribution in [1.29, 1.82) is 0 Å². The van der Waals surface area contributed by atoms with Crippen molar-refractivity contribution < 1.29 is 4.39 Å². The van der Waals surface area contributed by atoms with Crippen molar-refractivity contribution in [1.82, 2.24) is 5.32 Å². The molecule has 0 saturated heterocycles. The standard InChI is InChI=1S/C13H19ClFN/c1-9(2)16-8-10(3)7-11-5-4-6-12(15)13(11)14/h4-6,9-10,16H,7-8H2,1-3H3. The summed E-state index contributed by atoms with van der Waals surface area (Å²) in [7, 11) is 0. The molecule has 0 bridgehead atoms. The van der Waals surface area contributed by atoms with E-state index in [9.17, 15) is 4.39 Å². The van der Waals surface area contributed by atoms with Gasteiger partial charge >= 0.3 is 0 Å². The summed E-state index contributed by atoms with van der Waals surface area (Å²) in [5.41, 5.74) is 0.889. The molecule has 1 N–H and O–H groups in total. The van der Waals surface area contributed by atoms with E-state index in [1.54, 1.807) is 6.07 Å². The number of rotatable bonds is 5. The molecule has 1 atom stereocenters. The van der Waals surface area contributed by atoms with Crippen molar-refractivity contribution >= 4 is 11.6 Å². The van der Waals surface area contributed by atoms with E-state index in [1.165, 1.54) is 6.07 Å². The summed E-state index contributed by atoms with van der Waals surface area (Å²) in [5, 5.41) is 3.63. The first-order valence-electron chi connectivity index (χ1n) is 5.67. The van der Waals surface area contributed by atoms with Gasteiger partial charge in [0, 0.05) is 6.04 Å². The molecule has 0 heterocycles. The van der Waals surface area contributed by atoms with Crippen LogP contribution in [0.3, 0.4) is 0 Å². The lowest BCUT2D eigenvalue weighted by Gasteiger charge is -2.15. The maximum atomic E-state index is 13.2. The fourth-order valence-electron chi connectivity index (χ4n) is 1.59. The summed E-state index contributed by atoms with van der Waals surface area (Å²) in [6, 6.07) is 5.46. The van der Waals surface area contributed by atoms with E-state index in [4.69, 9.17) is 11.6 Å². The van der Waals surface area contributed by atoms with Gasteiger partial charge in [0.1, 0.15) is 5.82 Å². The van der Waals surface area contributed by atoms with E-state index in [1.807, 2.05) is 6.07 Å². The molecule has 1 unspecified atom stereocenters. The van der Waals surface area contributed by atoms with Crippen LogP contribution in [0.1, 0.15) is 26.3 Å². The smallest absolute Gasteiger partial charge is 0.142 e. The molecule has 3 heteroatoms. The van der Waals surface area contributed by atoms with Crippen LogP contribution in [-0.2, 0) is 6.42 Å². The van der Waals surface area contributed by atoms with E-state index >= 15 is 0 Å². The zero-order valence-electron chi connectivity index (χ0n) is 10.1. The lowest BCUT2D eigenvalue weighted by molar-refractivity contribution is 0.475. The van der Waals surface area contributed by atoms with Gasteiger partial charge in [0.2, 0.25) is 0 Å². The van der Waals surface area contributed by atoms with Gasteiger partial charge in [0.15, 0.2) is 0 Å². The second-order valence-electron chi connectivity index (χ2n) is 4.59.